The second-order valence-electron chi connectivity index (χ2n) is 26.0. The second-order valence-corrected chi connectivity index (χ2v) is 28.9. The van der Waals surface area contributed by atoms with Gasteiger partial charge in [-0.2, -0.15) is 0 Å². The van der Waals surface area contributed by atoms with Crippen LogP contribution in [0, 0.1) is 17.8 Å². The van der Waals surface area contributed by atoms with E-state index in [1.54, 1.807) is 0 Å². The Morgan fingerprint density at radius 3 is 0.798 bits per heavy atom. The monoisotopic (exact) mass is 1310 g/mol. The van der Waals surface area contributed by atoms with Gasteiger partial charge in [0.1, 0.15) is 19.3 Å². The minimum atomic E-state index is -4.95. The average molecular weight is 1310 g/mol. The summed E-state index contributed by atoms with van der Waals surface area (Å²) in [6.45, 7) is 11.8. The average Bonchev–Trinajstić information content (AvgIpc) is 3.71. The molecule has 5 unspecified atom stereocenters. The number of unbranched alkanes of at least 4 members (excludes halogenated alkanes) is 33. The van der Waals surface area contributed by atoms with Crippen molar-refractivity contribution in [3.63, 3.8) is 0 Å². The highest BCUT2D eigenvalue weighted by atomic mass is 31.2. The van der Waals surface area contributed by atoms with Crippen molar-refractivity contribution in [1.29, 1.82) is 0 Å². The number of aliphatic hydroxyl groups excluding tert-OH is 1. The van der Waals surface area contributed by atoms with Crippen LogP contribution >= 0.6 is 15.6 Å². The Bertz CT molecular complexity index is 1760. The Morgan fingerprint density at radius 1 is 0.315 bits per heavy atom. The molecule has 89 heavy (non-hydrogen) atoms. The van der Waals surface area contributed by atoms with Gasteiger partial charge in [0.2, 0.25) is 0 Å². The predicted molar refractivity (Wildman–Crippen MR) is 358 cm³/mol. The molecule has 0 aliphatic rings. The Labute approximate surface area is 543 Å². The predicted octanol–water partition coefficient (Wildman–Crippen LogP) is 19.8. The van der Waals surface area contributed by atoms with Crippen LogP contribution < -0.4 is 0 Å². The Balaban J connectivity index is 5.21. The zero-order valence-electron chi connectivity index (χ0n) is 57.9. The molecule has 8 atom stereocenters. The lowest BCUT2D eigenvalue weighted by Crippen LogP contribution is -2.30. The van der Waals surface area contributed by atoms with Crippen molar-refractivity contribution in [2.24, 2.45) is 17.8 Å². The van der Waals surface area contributed by atoms with Gasteiger partial charge in [0.05, 0.1) is 26.4 Å². The molecule has 0 fully saturated rings. The Kier molecular flexibility index (Phi) is 59.6. The van der Waals surface area contributed by atoms with Crippen molar-refractivity contribution in [3.8, 4) is 0 Å². The molecule has 0 saturated heterocycles. The van der Waals surface area contributed by atoms with E-state index in [-0.39, 0.29) is 25.7 Å². The van der Waals surface area contributed by atoms with Crippen LogP contribution in [0.2, 0.25) is 0 Å². The van der Waals surface area contributed by atoms with Gasteiger partial charge in [-0.15, -0.1) is 0 Å². The third kappa shape index (κ3) is 60.7. The lowest BCUT2D eigenvalue weighted by atomic mass is 9.99. The standard InChI is InChI=1S/C70H136O17P2/c1-8-12-13-14-27-37-44-51-67(72)80-57-66(87-70(75)54-47-40-33-32-36-43-50-63(7)11-4)60-85-89(78,79)83-56-64(71)55-82-88(76,77)84-59-65(58-81-68(73)52-45-38-30-25-22-21-24-29-35-42-49-62(6)10-3)86-69(74)53-46-39-31-26-20-18-16-15-17-19-23-28-34-41-48-61(5)9-2/h61-66,71H,8-60H2,1-7H3,(H,76,77)(H,78,79)/t61?,62?,63?,64-,65-,66-/m1/s1. The number of ether oxygens (including phenoxy) is 4. The molecular weight excluding hydrogens is 1170 g/mol. The van der Waals surface area contributed by atoms with Gasteiger partial charge < -0.3 is 33.8 Å². The maximum atomic E-state index is 13.0. The van der Waals surface area contributed by atoms with Crippen LogP contribution in [-0.2, 0) is 65.4 Å². The molecule has 0 aromatic rings. The number of phosphoric ester groups is 2. The summed E-state index contributed by atoms with van der Waals surface area (Å²) in [5, 5.41) is 10.6. The first-order chi connectivity index (χ1) is 42.8. The SMILES string of the molecule is CCCCCCCCCC(=O)OC[C@H](COP(=O)(O)OC[C@H](O)COP(=O)(O)OC[C@@H](COC(=O)CCCCCCCCCCCCC(C)CC)OC(=O)CCCCCCCCCCCCCCCCC(C)CC)OC(=O)CCCCCCCCC(C)CC. The normalized spacial score (nSPS) is 15.1. The minimum absolute atomic E-state index is 0.102. The molecule has 0 heterocycles. The van der Waals surface area contributed by atoms with Gasteiger partial charge in [-0.3, -0.25) is 37.3 Å². The van der Waals surface area contributed by atoms with E-state index >= 15 is 0 Å². The van der Waals surface area contributed by atoms with Crippen molar-refractivity contribution < 1.29 is 80.2 Å². The number of phosphoric acid groups is 2. The number of aliphatic hydroxyl groups is 1. The molecule has 0 aliphatic carbocycles. The maximum Gasteiger partial charge on any atom is 0.472 e. The third-order valence-corrected chi connectivity index (χ3v) is 19.1. The lowest BCUT2D eigenvalue weighted by Gasteiger charge is -2.21. The zero-order chi connectivity index (χ0) is 65.9. The van der Waals surface area contributed by atoms with Crippen molar-refractivity contribution in [3.05, 3.63) is 0 Å². The second kappa shape index (κ2) is 61.0. The lowest BCUT2D eigenvalue weighted by molar-refractivity contribution is -0.161. The summed E-state index contributed by atoms with van der Waals surface area (Å²) >= 11 is 0. The number of hydrogen-bond donors (Lipinski definition) is 3. The largest absolute Gasteiger partial charge is 0.472 e. The molecule has 0 aromatic carbocycles. The summed E-state index contributed by atoms with van der Waals surface area (Å²) < 4.78 is 68.2. The van der Waals surface area contributed by atoms with Crippen molar-refractivity contribution in [1.82, 2.24) is 0 Å². The van der Waals surface area contributed by atoms with Gasteiger partial charge in [0, 0.05) is 25.7 Å². The minimum Gasteiger partial charge on any atom is -0.462 e. The fraction of sp³-hybridized carbons (Fsp3) is 0.943. The van der Waals surface area contributed by atoms with Gasteiger partial charge >= 0.3 is 39.5 Å². The Hall–Kier alpha value is -1.94. The molecule has 0 bridgehead atoms. The van der Waals surface area contributed by atoms with E-state index in [1.807, 2.05) is 0 Å². The summed E-state index contributed by atoms with van der Waals surface area (Å²) in [5.41, 5.74) is 0. The molecule has 3 N–H and O–H groups in total. The van der Waals surface area contributed by atoms with Gasteiger partial charge in [0.15, 0.2) is 12.2 Å². The van der Waals surface area contributed by atoms with Crippen LogP contribution in [0.3, 0.4) is 0 Å². The molecule has 528 valence electrons. The zero-order valence-corrected chi connectivity index (χ0v) is 59.7. The highest BCUT2D eigenvalue weighted by Crippen LogP contribution is 2.45. The van der Waals surface area contributed by atoms with Crippen LogP contribution in [-0.4, -0.2) is 96.7 Å². The van der Waals surface area contributed by atoms with E-state index in [2.05, 4.69) is 48.5 Å². The third-order valence-electron chi connectivity index (χ3n) is 17.2. The molecule has 0 aliphatic heterocycles. The van der Waals surface area contributed by atoms with E-state index in [9.17, 15) is 43.2 Å². The van der Waals surface area contributed by atoms with Gasteiger partial charge in [-0.25, -0.2) is 9.13 Å². The first-order valence-electron chi connectivity index (χ1n) is 36.5. The highest BCUT2D eigenvalue weighted by molar-refractivity contribution is 7.47. The van der Waals surface area contributed by atoms with E-state index in [4.69, 9.17) is 37.0 Å². The van der Waals surface area contributed by atoms with Crippen LogP contribution in [0.4, 0.5) is 0 Å². The van der Waals surface area contributed by atoms with E-state index in [1.165, 1.54) is 148 Å². The van der Waals surface area contributed by atoms with Crippen molar-refractivity contribution >= 4 is 39.5 Å². The number of carbonyl (C=O) groups excluding carboxylic acids is 4. The summed E-state index contributed by atoms with van der Waals surface area (Å²) in [6, 6.07) is 0. The highest BCUT2D eigenvalue weighted by Gasteiger charge is 2.30. The molecule has 0 aromatic heterocycles. The molecule has 19 heteroatoms. The fourth-order valence-corrected chi connectivity index (χ4v) is 12.0. The topological polar surface area (TPSA) is 237 Å². The number of carbonyl (C=O) groups is 4. The summed E-state index contributed by atoms with van der Waals surface area (Å²) in [5.74, 6) is 0.243. The van der Waals surface area contributed by atoms with Crippen molar-refractivity contribution in [2.75, 3.05) is 39.6 Å². The first kappa shape index (κ1) is 87.1. The smallest absolute Gasteiger partial charge is 0.462 e. The number of rotatable bonds is 68. The number of hydrogen-bond acceptors (Lipinski definition) is 15. The van der Waals surface area contributed by atoms with Crippen LogP contribution in [0.25, 0.3) is 0 Å². The quantitative estimate of drug-likeness (QED) is 0.0222. The molecule has 0 spiro atoms. The summed E-state index contributed by atoms with van der Waals surface area (Å²) in [6.07, 6.45) is 44.5. The molecule has 0 radical (unpaired) electrons. The van der Waals surface area contributed by atoms with Crippen LogP contribution in [0.15, 0.2) is 0 Å². The van der Waals surface area contributed by atoms with E-state index < -0.39 is 97.5 Å². The maximum absolute atomic E-state index is 13.0. The molecule has 0 rings (SSSR count). The summed E-state index contributed by atoms with van der Waals surface area (Å²) in [4.78, 5) is 72.4. The molecule has 0 amide bonds. The summed E-state index contributed by atoms with van der Waals surface area (Å²) in [7, 11) is -9.90. The van der Waals surface area contributed by atoms with Gasteiger partial charge in [-0.1, -0.05) is 299 Å². The molecular formula is C70H136O17P2. The molecule has 0 saturated carbocycles. The van der Waals surface area contributed by atoms with Crippen LogP contribution in [0.1, 0.15) is 350 Å². The van der Waals surface area contributed by atoms with Gasteiger partial charge in [-0.05, 0) is 43.4 Å². The Morgan fingerprint density at radius 2 is 0.539 bits per heavy atom. The van der Waals surface area contributed by atoms with E-state index in [0.717, 1.165) is 120 Å². The van der Waals surface area contributed by atoms with E-state index in [0.29, 0.717) is 25.7 Å². The fourth-order valence-electron chi connectivity index (χ4n) is 10.4. The molecule has 17 nitrogen and oxygen atoms in total. The van der Waals surface area contributed by atoms with Crippen molar-refractivity contribution in [2.45, 2.75) is 369 Å². The van der Waals surface area contributed by atoms with Crippen LogP contribution in [0.5, 0.6) is 0 Å². The number of esters is 4. The van der Waals surface area contributed by atoms with Gasteiger partial charge in [0.25, 0.3) is 0 Å². The first-order valence-corrected chi connectivity index (χ1v) is 39.5.